The van der Waals surface area contributed by atoms with Crippen LogP contribution < -0.4 is 0 Å². The van der Waals surface area contributed by atoms with Gasteiger partial charge in [0.25, 0.3) is 0 Å². The summed E-state index contributed by atoms with van der Waals surface area (Å²) in [4.78, 5) is -0.281. The molecule has 1 aromatic carbocycles. The van der Waals surface area contributed by atoms with E-state index >= 15 is 0 Å². The van der Waals surface area contributed by atoms with Crippen LogP contribution in [0.15, 0.2) is 23.1 Å². The van der Waals surface area contributed by atoms with Gasteiger partial charge in [-0.25, -0.2) is 12.8 Å². The lowest BCUT2D eigenvalue weighted by atomic mass is 10.0. The summed E-state index contributed by atoms with van der Waals surface area (Å²) < 4.78 is 39.9. The molecule has 0 bridgehead atoms. The highest BCUT2D eigenvalue weighted by Gasteiger charge is 2.31. The lowest BCUT2D eigenvalue weighted by molar-refractivity contribution is 0.165. The van der Waals surface area contributed by atoms with Gasteiger partial charge in [-0.15, -0.1) is 0 Å². The summed E-state index contributed by atoms with van der Waals surface area (Å²) in [6.45, 7) is 2.31. The zero-order valence-corrected chi connectivity index (χ0v) is 11.7. The summed E-state index contributed by atoms with van der Waals surface area (Å²) in [6, 6.07) is 4.12. The second-order valence-electron chi connectivity index (χ2n) is 4.99. The van der Waals surface area contributed by atoms with Crippen LogP contribution in [0.2, 0.25) is 0 Å². The highest BCUT2D eigenvalue weighted by atomic mass is 32.2. The number of aryl methyl sites for hydroxylation is 1. The molecule has 0 aliphatic carbocycles. The molecule has 106 valence electrons. The number of nitrogens with zero attached hydrogens (tertiary/aromatic N) is 1. The molecule has 1 aliphatic heterocycles. The molecule has 19 heavy (non-hydrogen) atoms. The first-order valence-corrected chi connectivity index (χ1v) is 7.76. The fourth-order valence-corrected chi connectivity index (χ4v) is 3.95. The van der Waals surface area contributed by atoms with Gasteiger partial charge in [0.15, 0.2) is 0 Å². The zero-order valence-electron chi connectivity index (χ0n) is 10.8. The smallest absolute Gasteiger partial charge is 0.245 e. The molecule has 4 nitrogen and oxygen atoms in total. The normalized spacial score (nSPS) is 21.5. The Morgan fingerprint density at radius 3 is 2.84 bits per heavy atom. The van der Waals surface area contributed by atoms with E-state index in [0.717, 1.165) is 6.42 Å². The SMILES string of the molecule is Cc1ccc(S(=O)(=O)N2CCCC(CO)C2)c(F)c1. The van der Waals surface area contributed by atoms with Crippen LogP contribution in [0.5, 0.6) is 0 Å². The topological polar surface area (TPSA) is 57.6 Å². The molecule has 0 aromatic heterocycles. The molecule has 2 rings (SSSR count). The first-order chi connectivity index (χ1) is 8.95. The van der Waals surface area contributed by atoms with E-state index in [0.29, 0.717) is 18.5 Å². The summed E-state index contributed by atoms with van der Waals surface area (Å²) in [5.74, 6) is -0.775. The molecule has 1 aliphatic rings. The first-order valence-electron chi connectivity index (χ1n) is 6.32. The second kappa shape index (κ2) is 5.56. The minimum Gasteiger partial charge on any atom is -0.396 e. The van der Waals surface area contributed by atoms with E-state index < -0.39 is 15.8 Å². The van der Waals surface area contributed by atoms with Crippen molar-refractivity contribution in [2.75, 3.05) is 19.7 Å². The second-order valence-corrected chi connectivity index (χ2v) is 6.89. The molecule has 1 aromatic rings. The molecule has 1 heterocycles. The van der Waals surface area contributed by atoms with Crippen molar-refractivity contribution in [1.82, 2.24) is 4.31 Å². The third kappa shape index (κ3) is 2.96. The van der Waals surface area contributed by atoms with Gasteiger partial charge in [0.2, 0.25) is 10.0 Å². The monoisotopic (exact) mass is 287 g/mol. The van der Waals surface area contributed by atoms with Crippen molar-refractivity contribution in [2.45, 2.75) is 24.7 Å². The lowest BCUT2D eigenvalue weighted by Gasteiger charge is -2.31. The van der Waals surface area contributed by atoms with Gasteiger partial charge in [-0.3, -0.25) is 0 Å². The van der Waals surface area contributed by atoms with Crippen molar-refractivity contribution >= 4 is 10.0 Å². The van der Waals surface area contributed by atoms with Gasteiger partial charge in [-0.2, -0.15) is 4.31 Å². The van der Waals surface area contributed by atoms with Crippen molar-refractivity contribution in [1.29, 1.82) is 0 Å². The minimum atomic E-state index is -3.81. The number of rotatable bonds is 3. The number of benzene rings is 1. The van der Waals surface area contributed by atoms with Gasteiger partial charge in [-0.05, 0) is 43.4 Å². The molecule has 1 saturated heterocycles. The Bertz CT molecular complexity index is 559. The number of hydrogen-bond acceptors (Lipinski definition) is 3. The number of sulfonamides is 1. The summed E-state index contributed by atoms with van der Waals surface area (Å²) in [5.41, 5.74) is 0.684. The number of aliphatic hydroxyl groups is 1. The summed E-state index contributed by atoms with van der Waals surface area (Å²) in [6.07, 6.45) is 1.50. The maximum absolute atomic E-state index is 13.8. The Labute approximate surface area is 112 Å². The van der Waals surface area contributed by atoms with E-state index in [9.17, 15) is 12.8 Å². The molecule has 1 fully saturated rings. The Morgan fingerprint density at radius 1 is 1.47 bits per heavy atom. The number of hydrogen-bond donors (Lipinski definition) is 1. The van der Waals surface area contributed by atoms with Crippen molar-refractivity contribution in [3.05, 3.63) is 29.6 Å². The van der Waals surface area contributed by atoms with E-state index in [-0.39, 0.29) is 24.0 Å². The van der Waals surface area contributed by atoms with Gasteiger partial charge < -0.3 is 5.11 Å². The van der Waals surface area contributed by atoms with Crippen LogP contribution in [0, 0.1) is 18.7 Å². The summed E-state index contributed by atoms with van der Waals surface area (Å²) in [7, 11) is -3.81. The fraction of sp³-hybridized carbons (Fsp3) is 0.538. The number of piperidine rings is 1. The van der Waals surface area contributed by atoms with E-state index in [1.54, 1.807) is 13.0 Å². The van der Waals surface area contributed by atoms with Gasteiger partial charge in [0.1, 0.15) is 10.7 Å². The number of aliphatic hydroxyl groups excluding tert-OH is 1. The third-order valence-electron chi connectivity index (χ3n) is 3.45. The van der Waals surface area contributed by atoms with Gasteiger partial charge in [0.05, 0.1) is 0 Å². The Morgan fingerprint density at radius 2 is 2.21 bits per heavy atom. The van der Waals surface area contributed by atoms with E-state index in [4.69, 9.17) is 5.11 Å². The maximum Gasteiger partial charge on any atom is 0.245 e. The molecule has 0 spiro atoms. The summed E-state index contributed by atoms with van der Waals surface area (Å²) >= 11 is 0. The Hall–Kier alpha value is -0.980. The molecular weight excluding hydrogens is 269 g/mol. The van der Waals surface area contributed by atoms with Crippen molar-refractivity contribution in [3.63, 3.8) is 0 Å². The molecule has 6 heteroatoms. The van der Waals surface area contributed by atoms with E-state index in [1.807, 2.05) is 0 Å². The predicted molar refractivity (Wildman–Crippen MR) is 69.7 cm³/mol. The molecule has 0 radical (unpaired) electrons. The Kier molecular flexibility index (Phi) is 4.23. The van der Waals surface area contributed by atoms with Gasteiger partial charge in [-0.1, -0.05) is 6.07 Å². The van der Waals surface area contributed by atoms with Crippen LogP contribution in [0.3, 0.4) is 0 Å². The molecular formula is C13H18FNO3S. The third-order valence-corrected chi connectivity index (χ3v) is 5.34. The predicted octanol–water partition coefficient (Wildman–Crippen LogP) is 1.53. The molecule has 0 amide bonds. The van der Waals surface area contributed by atoms with E-state index in [2.05, 4.69) is 0 Å². The van der Waals surface area contributed by atoms with E-state index in [1.165, 1.54) is 16.4 Å². The van der Waals surface area contributed by atoms with Crippen LogP contribution >= 0.6 is 0 Å². The maximum atomic E-state index is 13.8. The zero-order chi connectivity index (χ0) is 14.0. The van der Waals surface area contributed by atoms with Crippen LogP contribution in [0.1, 0.15) is 18.4 Å². The van der Waals surface area contributed by atoms with Gasteiger partial charge in [0, 0.05) is 19.7 Å². The number of halogens is 1. The minimum absolute atomic E-state index is 0.0393. The lowest BCUT2D eigenvalue weighted by Crippen LogP contribution is -2.41. The molecule has 0 saturated carbocycles. The first kappa shape index (κ1) is 14.4. The average Bonchev–Trinajstić information content (AvgIpc) is 2.38. The molecule has 1 unspecified atom stereocenters. The largest absolute Gasteiger partial charge is 0.396 e. The highest BCUT2D eigenvalue weighted by Crippen LogP contribution is 2.25. The molecule has 1 N–H and O–H groups in total. The van der Waals surface area contributed by atoms with Crippen molar-refractivity contribution in [3.8, 4) is 0 Å². The van der Waals surface area contributed by atoms with Crippen LogP contribution in [0.4, 0.5) is 4.39 Å². The quantitative estimate of drug-likeness (QED) is 0.917. The summed E-state index contributed by atoms with van der Waals surface area (Å²) in [5, 5.41) is 9.14. The van der Waals surface area contributed by atoms with Crippen LogP contribution in [0.25, 0.3) is 0 Å². The standard InChI is InChI=1S/C13H18FNO3S/c1-10-4-5-13(12(14)7-10)19(17,18)15-6-2-3-11(8-15)9-16/h4-5,7,11,16H,2-3,6,8-9H2,1H3. The highest BCUT2D eigenvalue weighted by molar-refractivity contribution is 7.89. The van der Waals surface area contributed by atoms with Crippen molar-refractivity contribution in [2.24, 2.45) is 5.92 Å². The van der Waals surface area contributed by atoms with Gasteiger partial charge >= 0.3 is 0 Å². The fourth-order valence-electron chi connectivity index (χ4n) is 2.35. The van der Waals surface area contributed by atoms with Crippen LogP contribution in [-0.2, 0) is 10.0 Å². The molecule has 1 atom stereocenters. The Balaban J connectivity index is 2.31. The van der Waals surface area contributed by atoms with Crippen molar-refractivity contribution < 1.29 is 17.9 Å². The van der Waals surface area contributed by atoms with Crippen LogP contribution in [-0.4, -0.2) is 37.5 Å². The average molecular weight is 287 g/mol.